The van der Waals surface area contributed by atoms with E-state index in [1.807, 2.05) is 6.92 Å². The molecule has 3 rings (SSSR count). The van der Waals surface area contributed by atoms with Crippen molar-refractivity contribution in [1.29, 1.82) is 0 Å². The van der Waals surface area contributed by atoms with Crippen LogP contribution in [0.3, 0.4) is 0 Å². The predicted octanol–water partition coefficient (Wildman–Crippen LogP) is 3.96. The molecule has 8 heteroatoms. The molecule has 0 bridgehead atoms. The minimum atomic E-state index is -4.82. The molecule has 25 heavy (non-hydrogen) atoms. The third-order valence-electron chi connectivity index (χ3n) is 5.24. The maximum absolute atomic E-state index is 13.6. The average molecular weight is 360 g/mol. The van der Waals surface area contributed by atoms with Crippen molar-refractivity contribution < 1.29 is 27.5 Å². The Kier molecular flexibility index (Phi) is 4.21. The van der Waals surface area contributed by atoms with Crippen LogP contribution in [0.15, 0.2) is 18.2 Å². The maximum Gasteiger partial charge on any atom is 0.419 e. The predicted molar refractivity (Wildman–Crippen MR) is 82.7 cm³/mol. The molecule has 1 aromatic carbocycles. The van der Waals surface area contributed by atoms with Gasteiger partial charge in [-0.2, -0.15) is 13.2 Å². The van der Waals surface area contributed by atoms with Crippen LogP contribution in [0.5, 0.6) is 0 Å². The number of benzene rings is 1. The molecule has 1 atom stereocenters. The molecule has 2 fully saturated rings. The first-order valence-electron chi connectivity index (χ1n) is 8.20. The Balaban J connectivity index is 1.95. The Morgan fingerprint density at radius 3 is 2.48 bits per heavy atom. The van der Waals surface area contributed by atoms with Crippen LogP contribution in [0.25, 0.3) is 0 Å². The lowest BCUT2D eigenvalue weighted by molar-refractivity contribution is -0.140. The third-order valence-corrected chi connectivity index (χ3v) is 5.24. The van der Waals surface area contributed by atoms with Gasteiger partial charge in [0.25, 0.3) is 0 Å². The summed E-state index contributed by atoms with van der Waals surface area (Å²) in [7, 11) is 0. The standard InChI is InChI=1S/C17H20F4N2O2/c1-15(5-2-8-22-15)10-23(14(24)25)16(6-7-16)11-3-4-13(18)12(9-11)17(19,20)21/h3-4,9,22H,2,5-8,10H2,1H3,(H,24,25). The Labute approximate surface area is 142 Å². The monoisotopic (exact) mass is 360 g/mol. The zero-order chi connectivity index (χ0) is 18.5. The molecule has 1 aliphatic carbocycles. The second kappa shape index (κ2) is 5.86. The highest BCUT2D eigenvalue weighted by atomic mass is 19.4. The van der Waals surface area contributed by atoms with Gasteiger partial charge in [0, 0.05) is 12.1 Å². The fourth-order valence-corrected chi connectivity index (χ4v) is 3.71. The molecule has 1 heterocycles. The topological polar surface area (TPSA) is 52.6 Å². The molecule has 138 valence electrons. The third kappa shape index (κ3) is 3.31. The van der Waals surface area contributed by atoms with E-state index in [2.05, 4.69) is 5.32 Å². The first-order chi connectivity index (χ1) is 11.6. The summed E-state index contributed by atoms with van der Waals surface area (Å²) in [6.07, 6.45) is -3.42. The van der Waals surface area contributed by atoms with Gasteiger partial charge >= 0.3 is 12.3 Å². The molecular weight excluding hydrogens is 340 g/mol. The Morgan fingerprint density at radius 2 is 2.00 bits per heavy atom. The van der Waals surface area contributed by atoms with E-state index in [0.717, 1.165) is 31.5 Å². The summed E-state index contributed by atoms with van der Waals surface area (Å²) in [5.41, 5.74) is -2.56. The van der Waals surface area contributed by atoms with Gasteiger partial charge in [-0.15, -0.1) is 0 Å². The molecule has 1 aromatic rings. The number of carboxylic acid groups (broad SMARTS) is 1. The number of amides is 1. The van der Waals surface area contributed by atoms with E-state index in [1.165, 1.54) is 11.0 Å². The van der Waals surface area contributed by atoms with Crippen molar-refractivity contribution in [3.05, 3.63) is 35.1 Å². The second-order valence-electron chi connectivity index (χ2n) is 7.18. The fourth-order valence-electron chi connectivity index (χ4n) is 3.71. The maximum atomic E-state index is 13.6. The quantitative estimate of drug-likeness (QED) is 0.800. The van der Waals surface area contributed by atoms with E-state index in [0.29, 0.717) is 12.8 Å². The number of carbonyl (C=O) groups is 1. The number of hydrogen-bond donors (Lipinski definition) is 2. The highest BCUT2D eigenvalue weighted by Crippen LogP contribution is 2.52. The summed E-state index contributed by atoms with van der Waals surface area (Å²) >= 11 is 0. The summed E-state index contributed by atoms with van der Waals surface area (Å²) in [6, 6.07) is 2.79. The Hall–Kier alpha value is -1.83. The van der Waals surface area contributed by atoms with Crippen LogP contribution < -0.4 is 5.32 Å². The smallest absolute Gasteiger partial charge is 0.419 e. The van der Waals surface area contributed by atoms with Crippen LogP contribution in [0, 0.1) is 5.82 Å². The Bertz CT molecular complexity index is 680. The fraction of sp³-hybridized carbons (Fsp3) is 0.588. The number of rotatable bonds is 4. The van der Waals surface area contributed by atoms with Gasteiger partial charge in [-0.1, -0.05) is 6.07 Å². The van der Waals surface area contributed by atoms with Crippen molar-refractivity contribution in [1.82, 2.24) is 10.2 Å². The number of alkyl halides is 3. The Morgan fingerprint density at radius 1 is 1.32 bits per heavy atom. The van der Waals surface area contributed by atoms with Crippen molar-refractivity contribution in [3.63, 3.8) is 0 Å². The highest BCUT2D eigenvalue weighted by Gasteiger charge is 2.54. The van der Waals surface area contributed by atoms with Crippen molar-refractivity contribution in [3.8, 4) is 0 Å². The number of hydrogen-bond acceptors (Lipinski definition) is 2. The first kappa shape index (κ1) is 18.0. The summed E-state index contributed by atoms with van der Waals surface area (Å²) in [5.74, 6) is -1.35. The van der Waals surface area contributed by atoms with Crippen LogP contribution >= 0.6 is 0 Å². The van der Waals surface area contributed by atoms with Crippen molar-refractivity contribution >= 4 is 6.09 Å². The summed E-state index contributed by atoms with van der Waals surface area (Å²) < 4.78 is 52.6. The lowest BCUT2D eigenvalue weighted by Crippen LogP contribution is -2.52. The molecule has 0 aromatic heterocycles. The minimum Gasteiger partial charge on any atom is -0.465 e. The van der Waals surface area contributed by atoms with Gasteiger partial charge in [-0.25, -0.2) is 9.18 Å². The number of halogens is 4. The lowest BCUT2D eigenvalue weighted by Gasteiger charge is -2.37. The van der Waals surface area contributed by atoms with Crippen LogP contribution in [-0.2, 0) is 11.7 Å². The summed E-state index contributed by atoms with van der Waals surface area (Å²) in [5, 5.41) is 12.9. The normalized spacial score (nSPS) is 25.0. The zero-order valence-electron chi connectivity index (χ0n) is 13.8. The molecule has 2 aliphatic rings. The number of nitrogens with one attached hydrogen (secondary N) is 1. The molecule has 1 saturated heterocycles. The number of nitrogens with zero attached hydrogens (tertiary/aromatic N) is 1. The van der Waals surface area contributed by atoms with Crippen LogP contribution in [-0.4, -0.2) is 34.7 Å². The molecule has 2 N–H and O–H groups in total. The molecule has 1 aliphatic heterocycles. The van der Waals surface area contributed by atoms with Gasteiger partial charge in [-0.05, 0) is 56.8 Å². The van der Waals surface area contributed by atoms with Gasteiger partial charge < -0.3 is 10.4 Å². The molecule has 1 saturated carbocycles. The molecular formula is C17H20F4N2O2. The van der Waals surface area contributed by atoms with E-state index in [4.69, 9.17) is 0 Å². The van der Waals surface area contributed by atoms with E-state index in [9.17, 15) is 27.5 Å². The van der Waals surface area contributed by atoms with Crippen molar-refractivity contribution in [2.45, 2.75) is 49.9 Å². The van der Waals surface area contributed by atoms with Gasteiger partial charge in [0.05, 0.1) is 11.1 Å². The zero-order valence-corrected chi connectivity index (χ0v) is 13.8. The van der Waals surface area contributed by atoms with Crippen LogP contribution in [0.2, 0.25) is 0 Å². The molecule has 0 spiro atoms. The summed E-state index contributed by atoms with van der Waals surface area (Å²) in [4.78, 5) is 13.1. The molecule has 1 amide bonds. The van der Waals surface area contributed by atoms with E-state index in [-0.39, 0.29) is 12.1 Å². The largest absolute Gasteiger partial charge is 0.465 e. The van der Waals surface area contributed by atoms with E-state index < -0.39 is 34.7 Å². The van der Waals surface area contributed by atoms with Crippen molar-refractivity contribution in [2.75, 3.05) is 13.1 Å². The van der Waals surface area contributed by atoms with Crippen LogP contribution in [0.4, 0.5) is 22.4 Å². The highest BCUT2D eigenvalue weighted by molar-refractivity contribution is 5.68. The van der Waals surface area contributed by atoms with E-state index in [1.54, 1.807) is 0 Å². The van der Waals surface area contributed by atoms with E-state index >= 15 is 0 Å². The second-order valence-corrected chi connectivity index (χ2v) is 7.18. The van der Waals surface area contributed by atoms with Gasteiger partial charge in [0.1, 0.15) is 5.82 Å². The molecule has 1 unspecified atom stereocenters. The lowest BCUT2D eigenvalue weighted by atomic mass is 9.95. The van der Waals surface area contributed by atoms with Crippen molar-refractivity contribution in [2.24, 2.45) is 0 Å². The minimum absolute atomic E-state index is 0.182. The van der Waals surface area contributed by atoms with Gasteiger partial charge in [0.2, 0.25) is 0 Å². The average Bonchev–Trinajstić information content (AvgIpc) is 3.20. The van der Waals surface area contributed by atoms with Gasteiger partial charge in [-0.3, -0.25) is 4.90 Å². The first-order valence-corrected chi connectivity index (χ1v) is 8.20. The molecule has 0 radical (unpaired) electrons. The van der Waals surface area contributed by atoms with Gasteiger partial charge in [0.15, 0.2) is 0 Å². The summed E-state index contributed by atoms with van der Waals surface area (Å²) in [6.45, 7) is 2.88. The molecule has 4 nitrogen and oxygen atoms in total. The SMILES string of the molecule is CC1(CN(C(=O)O)C2(c3ccc(F)c(C(F)(F)F)c3)CC2)CCCN1. The van der Waals surface area contributed by atoms with Crippen LogP contribution in [0.1, 0.15) is 43.7 Å².